The molecule has 0 aromatic rings. The van der Waals surface area contributed by atoms with Gasteiger partial charge in [0.15, 0.2) is 0 Å². The Morgan fingerprint density at radius 2 is 2.29 bits per heavy atom. The van der Waals surface area contributed by atoms with Crippen LogP contribution in [0.2, 0.25) is 0 Å². The normalized spacial score (nSPS) is 11.0. The number of nitrogens with two attached hydrogens (primary N) is 1. The van der Waals surface area contributed by atoms with Crippen molar-refractivity contribution in [3.63, 3.8) is 0 Å². The number of halogens is 1. The van der Waals surface area contributed by atoms with Gasteiger partial charge in [-0.05, 0) is 6.92 Å². The third-order valence-electron chi connectivity index (χ3n) is 0.439. The Balaban J connectivity index is 0. The molecule has 0 aliphatic carbocycles. The summed E-state index contributed by atoms with van der Waals surface area (Å²) in [4.78, 5) is 4.16. The van der Waals surface area contributed by atoms with E-state index in [9.17, 15) is 0 Å². The molecule has 2 nitrogen and oxygen atoms in total. The fourth-order valence-electron chi connectivity index (χ4n) is 0.0393. The van der Waals surface area contributed by atoms with Crippen molar-refractivity contribution >= 4 is 12.4 Å². The summed E-state index contributed by atoms with van der Waals surface area (Å²) in [6.07, 6.45) is 4.57. The van der Waals surface area contributed by atoms with Gasteiger partial charge in [-0.1, -0.05) is 5.92 Å². The fraction of sp³-hybridized carbons (Fsp3) is 0.500. The molecule has 7 heavy (non-hydrogen) atoms. The minimum Gasteiger partial charge on any atom is -0.289 e. The van der Waals surface area contributed by atoms with Crippen LogP contribution in [-0.4, -0.2) is 6.10 Å². The van der Waals surface area contributed by atoms with Crippen LogP contribution in [0.15, 0.2) is 0 Å². The summed E-state index contributed by atoms with van der Waals surface area (Å²) in [7, 11) is 0. The molecule has 0 aliphatic heterocycles. The van der Waals surface area contributed by atoms with Gasteiger partial charge >= 0.3 is 0 Å². The first kappa shape index (κ1) is 9.91. The van der Waals surface area contributed by atoms with Crippen LogP contribution in [0.25, 0.3) is 0 Å². The van der Waals surface area contributed by atoms with Gasteiger partial charge in [0.25, 0.3) is 0 Å². The van der Waals surface area contributed by atoms with Gasteiger partial charge in [-0.3, -0.25) is 4.84 Å². The molecule has 1 atom stereocenters. The molecule has 0 rings (SSSR count). The van der Waals surface area contributed by atoms with Crippen LogP contribution in [0, 0.1) is 12.3 Å². The highest BCUT2D eigenvalue weighted by atomic mass is 35.5. The second-order valence-corrected chi connectivity index (χ2v) is 0.945. The van der Waals surface area contributed by atoms with E-state index in [-0.39, 0.29) is 18.5 Å². The first-order valence-electron chi connectivity index (χ1n) is 1.63. The van der Waals surface area contributed by atoms with Crippen LogP contribution in [0.4, 0.5) is 0 Å². The Hall–Kier alpha value is -0.230. The Morgan fingerprint density at radius 3 is 2.29 bits per heavy atom. The zero-order chi connectivity index (χ0) is 4.99. The molecule has 42 valence electrons. The highest BCUT2D eigenvalue weighted by Crippen LogP contribution is 1.75. The van der Waals surface area contributed by atoms with E-state index in [1.807, 2.05) is 0 Å². The predicted octanol–water partition coefficient (Wildman–Crippen LogP) is 0.320. The first-order chi connectivity index (χ1) is 2.81. The Kier molecular flexibility index (Phi) is 8.17. The van der Waals surface area contributed by atoms with Crippen molar-refractivity contribution in [3.05, 3.63) is 0 Å². The van der Waals surface area contributed by atoms with E-state index in [0.717, 1.165) is 0 Å². The van der Waals surface area contributed by atoms with Crippen LogP contribution < -0.4 is 5.90 Å². The van der Waals surface area contributed by atoms with Crippen LogP contribution in [0.5, 0.6) is 0 Å². The molecular formula is C4H8ClNO. The van der Waals surface area contributed by atoms with Gasteiger partial charge in [0.05, 0.1) is 0 Å². The van der Waals surface area contributed by atoms with Gasteiger partial charge in [0, 0.05) is 0 Å². The summed E-state index contributed by atoms with van der Waals surface area (Å²) in [5.41, 5.74) is 0. The molecule has 0 saturated carbocycles. The molecule has 0 fully saturated rings. The lowest BCUT2D eigenvalue weighted by atomic mass is 10.4. The minimum absolute atomic E-state index is 0. The average molecular weight is 122 g/mol. The summed E-state index contributed by atoms with van der Waals surface area (Å²) < 4.78 is 0. The molecule has 0 aromatic heterocycles. The molecule has 0 radical (unpaired) electrons. The van der Waals surface area contributed by atoms with E-state index in [2.05, 4.69) is 16.7 Å². The van der Waals surface area contributed by atoms with Crippen molar-refractivity contribution in [1.29, 1.82) is 0 Å². The predicted molar refractivity (Wildman–Crippen MR) is 30.8 cm³/mol. The Labute approximate surface area is 49.4 Å². The lowest BCUT2D eigenvalue weighted by Crippen LogP contribution is -2.09. The monoisotopic (exact) mass is 121 g/mol. The van der Waals surface area contributed by atoms with E-state index >= 15 is 0 Å². The van der Waals surface area contributed by atoms with Crippen molar-refractivity contribution in [2.75, 3.05) is 0 Å². The molecule has 0 saturated heterocycles. The maximum atomic E-state index is 4.83. The molecule has 0 spiro atoms. The summed E-state index contributed by atoms with van der Waals surface area (Å²) in [6, 6.07) is 0. The maximum Gasteiger partial charge on any atom is 0.136 e. The van der Waals surface area contributed by atoms with Gasteiger partial charge in [0.2, 0.25) is 0 Å². The van der Waals surface area contributed by atoms with E-state index in [4.69, 9.17) is 6.42 Å². The van der Waals surface area contributed by atoms with Crippen molar-refractivity contribution < 1.29 is 4.84 Å². The number of hydrogen-bond donors (Lipinski definition) is 1. The molecule has 0 heterocycles. The van der Waals surface area contributed by atoms with Crippen LogP contribution in [-0.2, 0) is 4.84 Å². The van der Waals surface area contributed by atoms with Crippen LogP contribution >= 0.6 is 12.4 Å². The molecular weight excluding hydrogens is 114 g/mol. The van der Waals surface area contributed by atoms with E-state index in [0.29, 0.717) is 0 Å². The minimum atomic E-state index is -0.259. The molecule has 3 heteroatoms. The zero-order valence-electron chi connectivity index (χ0n) is 4.05. The van der Waals surface area contributed by atoms with Gasteiger partial charge in [-0.25, -0.2) is 5.90 Å². The molecule has 2 N–H and O–H groups in total. The third-order valence-corrected chi connectivity index (χ3v) is 0.439. The lowest BCUT2D eigenvalue weighted by Gasteiger charge is -1.93. The first-order valence-corrected chi connectivity index (χ1v) is 1.63. The van der Waals surface area contributed by atoms with Crippen molar-refractivity contribution in [2.45, 2.75) is 13.0 Å². The molecule has 0 bridgehead atoms. The summed E-state index contributed by atoms with van der Waals surface area (Å²) in [5, 5.41) is 0. The maximum absolute atomic E-state index is 4.83. The largest absolute Gasteiger partial charge is 0.289 e. The highest BCUT2D eigenvalue weighted by molar-refractivity contribution is 5.85. The van der Waals surface area contributed by atoms with Crippen LogP contribution in [0.3, 0.4) is 0 Å². The SMILES string of the molecule is C#C[C@H](C)ON.Cl. The second kappa shape index (κ2) is 5.77. The zero-order valence-corrected chi connectivity index (χ0v) is 4.87. The smallest absolute Gasteiger partial charge is 0.136 e. The van der Waals surface area contributed by atoms with Crippen molar-refractivity contribution in [1.82, 2.24) is 0 Å². The summed E-state index contributed by atoms with van der Waals surface area (Å²) in [6.45, 7) is 1.69. The number of hydrogen-bond acceptors (Lipinski definition) is 2. The van der Waals surface area contributed by atoms with Crippen molar-refractivity contribution in [3.8, 4) is 12.3 Å². The summed E-state index contributed by atoms with van der Waals surface area (Å²) >= 11 is 0. The highest BCUT2D eigenvalue weighted by Gasteiger charge is 1.85. The Bertz CT molecular complexity index is 68.6. The van der Waals surface area contributed by atoms with E-state index < -0.39 is 0 Å². The molecule has 0 aromatic carbocycles. The van der Waals surface area contributed by atoms with Crippen LogP contribution in [0.1, 0.15) is 6.92 Å². The molecule has 0 amide bonds. The van der Waals surface area contributed by atoms with Gasteiger partial charge in [0.1, 0.15) is 6.10 Å². The molecule has 0 unspecified atom stereocenters. The number of rotatable bonds is 1. The van der Waals surface area contributed by atoms with Gasteiger partial charge < -0.3 is 0 Å². The quantitative estimate of drug-likeness (QED) is 0.401. The van der Waals surface area contributed by atoms with E-state index in [1.165, 1.54) is 0 Å². The Morgan fingerprint density at radius 1 is 1.86 bits per heavy atom. The standard InChI is InChI=1S/C4H7NO.ClH/c1-3-4(2)6-5;/h1,4H,5H2,2H3;1H/t4-;/m0./s1. The van der Waals surface area contributed by atoms with Gasteiger partial charge in [-0.2, -0.15) is 0 Å². The topological polar surface area (TPSA) is 35.2 Å². The second-order valence-electron chi connectivity index (χ2n) is 0.945. The number of terminal acetylenes is 1. The van der Waals surface area contributed by atoms with E-state index in [1.54, 1.807) is 6.92 Å². The fourth-order valence-corrected chi connectivity index (χ4v) is 0.0393. The summed E-state index contributed by atoms with van der Waals surface area (Å²) in [5.74, 6) is 6.91. The van der Waals surface area contributed by atoms with Crippen molar-refractivity contribution in [2.24, 2.45) is 5.90 Å². The van der Waals surface area contributed by atoms with Gasteiger partial charge in [-0.15, -0.1) is 18.8 Å². The third kappa shape index (κ3) is 5.77. The molecule has 0 aliphatic rings. The lowest BCUT2D eigenvalue weighted by molar-refractivity contribution is 0.106. The average Bonchev–Trinajstić information content (AvgIpc) is 1.65.